The number of thiazole rings is 2. The van der Waals surface area contributed by atoms with E-state index in [1.165, 1.54) is 18.3 Å². The lowest BCUT2D eigenvalue weighted by molar-refractivity contribution is -0.114. The van der Waals surface area contributed by atoms with Crippen LogP contribution in [0.4, 0.5) is 5.13 Å². The minimum absolute atomic E-state index is 0.211. The summed E-state index contributed by atoms with van der Waals surface area (Å²) in [5.41, 5.74) is 1.86. The Hall–Kier alpha value is -1.49. The van der Waals surface area contributed by atoms with Gasteiger partial charge in [-0.1, -0.05) is 0 Å². The molecule has 7 nitrogen and oxygen atoms in total. The van der Waals surface area contributed by atoms with E-state index in [1.807, 2.05) is 13.1 Å². The molecule has 0 spiro atoms. The predicted octanol–water partition coefficient (Wildman–Crippen LogP) is 2.21. The third-order valence-electron chi connectivity index (χ3n) is 3.51. The first kappa shape index (κ1) is 17.3. The van der Waals surface area contributed by atoms with Gasteiger partial charge in [0.2, 0.25) is 5.91 Å². The molecule has 3 heterocycles. The van der Waals surface area contributed by atoms with Crippen LogP contribution in [0.15, 0.2) is 17.1 Å². The smallest absolute Gasteiger partial charge is 0.272 e. The van der Waals surface area contributed by atoms with Gasteiger partial charge in [0.1, 0.15) is 10.7 Å². The molecule has 0 radical (unpaired) electrons. The maximum Gasteiger partial charge on any atom is 0.272 e. The molecular weight excluding hydrogens is 366 g/mol. The molecule has 1 aliphatic rings. The Balaban J connectivity index is 1.68. The van der Waals surface area contributed by atoms with Gasteiger partial charge in [0.25, 0.3) is 5.91 Å². The largest absolute Gasteiger partial charge is 0.324 e. The number of amides is 2. The lowest BCUT2D eigenvalue weighted by Crippen LogP contribution is -2.55. The van der Waals surface area contributed by atoms with E-state index in [0.29, 0.717) is 10.8 Å². The van der Waals surface area contributed by atoms with E-state index >= 15 is 0 Å². The molecule has 0 saturated carbocycles. The zero-order valence-corrected chi connectivity index (χ0v) is 15.8. The number of carbonyl (C=O) groups excluding carboxylic acids is 2. The summed E-state index contributed by atoms with van der Waals surface area (Å²) in [6, 6.07) is 0. The highest BCUT2D eigenvalue weighted by Crippen LogP contribution is 2.40. The van der Waals surface area contributed by atoms with E-state index in [9.17, 15) is 9.59 Å². The van der Waals surface area contributed by atoms with Crippen LogP contribution in [0.3, 0.4) is 0 Å². The number of thioether (sulfide) groups is 1. The van der Waals surface area contributed by atoms with Crippen molar-refractivity contribution in [2.75, 3.05) is 11.1 Å². The van der Waals surface area contributed by atoms with Crippen molar-refractivity contribution in [3.8, 4) is 0 Å². The lowest BCUT2D eigenvalue weighted by Gasteiger charge is -2.29. The molecule has 0 aromatic carbocycles. The first-order valence-electron chi connectivity index (χ1n) is 7.18. The fourth-order valence-corrected chi connectivity index (χ4v) is 5.28. The van der Waals surface area contributed by atoms with Crippen molar-refractivity contribution in [1.29, 1.82) is 0 Å². The quantitative estimate of drug-likeness (QED) is 0.749. The Labute approximate surface area is 151 Å². The minimum atomic E-state index is -0.604. The highest BCUT2D eigenvalue weighted by atomic mass is 32.2. The maximum absolute atomic E-state index is 12.5. The predicted molar refractivity (Wildman–Crippen MR) is 97.3 cm³/mol. The van der Waals surface area contributed by atoms with Crippen LogP contribution >= 0.6 is 34.4 Å². The van der Waals surface area contributed by atoms with Crippen LogP contribution in [-0.4, -0.2) is 32.5 Å². The highest BCUT2D eigenvalue weighted by molar-refractivity contribution is 8.00. The van der Waals surface area contributed by atoms with Gasteiger partial charge < -0.3 is 10.6 Å². The summed E-state index contributed by atoms with van der Waals surface area (Å²) >= 11 is 4.45. The van der Waals surface area contributed by atoms with Crippen molar-refractivity contribution in [1.82, 2.24) is 20.6 Å². The van der Waals surface area contributed by atoms with Crippen molar-refractivity contribution in [3.63, 3.8) is 0 Å². The van der Waals surface area contributed by atoms with E-state index in [2.05, 4.69) is 32.8 Å². The number of anilines is 1. The molecule has 0 unspecified atom stereocenters. The Morgan fingerprint density at radius 3 is 2.79 bits per heavy atom. The van der Waals surface area contributed by atoms with E-state index < -0.39 is 4.99 Å². The van der Waals surface area contributed by atoms with Gasteiger partial charge in [-0.3, -0.25) is 19.9 Å². The summed E-state index contributed by atoms with van der Waals surface area (Å²) in [6.45, 7) is 5.44. The average Bonchev–Trinajstić information content (AvgIpc) is 3.19. The number of nitrogens with zero attached hydrogens (tertiary/aromatic N) is 2. The SMILES string of the molecule is CC(=O)Nc1nc(C(=O)N[C@]2(C)N[C@](C)(c3cncs3)CS2)cs1. The molecule has 128 valence electrons. The molecule has 2 atom stereocenters. The van der Waals surface area contributed by atoms with Crippen molar-refractivity contribution in [2.45, 2.75) is 31.3 Å². The van der Waals surface area contributed by atoms with Gasteiger partial charge in [0, 0.05) is 29.1 Å². The number of rotatable bonds is 4. The fourth-order valence-electron chi connectivity index (χ4n) is 2.44. The summed E-state index contributed by atoms with van der Waals surface area (Å²) in [5, 5.41) is 11.1. The average molecular weight is 384 g/mol. The Kier molecular flexibility index (Phi) is 4.65. The number of aromatic nitrogens is 2. The first-order valence-corrected chi connectivity index (χ1v) is 9.92. The summed E-state index contributed by atoms with van der Waals surface area (Å²) in [6.07, 6.45) is 1.85. The van der Waals surface area contributed by atoms with Crippen molar-refractivity contribution in [3.05, 3.63) is 27.7 Å². The van der Waals surface area contributed by atoms with E-state index in [0.717, 1.165) is 10.6 Å². The van der Waals surface area contributed by atoms with E-state index in [4.69, 9.17) is 0 Å². The van der Waals surface area contributed by atoms with Crippen LogP contribution in [0.2, 0.25) is 0 Å². The van der Waals surface area contributed by atoms with Gasteiger partial charge in [0.05, 0.1) is 11.0 Å². The molecule has 2 amide bonds. The van der Waals surface area contributed by atoms with Gasteiger partial charge in [-0.2, -0.15) is 0 Å². The monoisotopic (exact) mass is 383 g/mol. The van der Waals surface area contributed by atoms with Gasteiger partial charge >= 0.3 is 0 Å². The van der Waals surface area contributed by atoms with Crippen molar-refractivity contribution in [2.24, 2.45) is 0 Å². The second-order valence-electron chi connectivity index (χ2n) is 5.82. The Morgan fingerprint density at radius 2 is 2.12 bits per heavy atom. The number of carbonyl (C=O) groups is 2. The summed E-state index contributed by atoms with van der Waals surface area (Å²) in [5.74, 6) is 0.329. The van der Waals surface area contributed by atoms with Crippen LogP contribution in [0, 0.1) is 0 Å². The second kappa shape index (κ2) is 6.43. The van der Waals surface area contributed by atoms with Crippen molar-refractivity contribution < 1.29 is 9.59 Å². The normalized spacial score (nSPS) is 26.3. The third kappa shape index (κ3) is 3.61. The van der Waals surface area contributed by atoms with Gasteiger partial charge in [-0.15, -0.1) is 34.4 Å². The number of nitrogens with one attached hydrogen (secondary N) is 3. The standard InChI is InChI=1S/C14H17N5O2S3/c1-8(20)16-12-17-9(5-22-12)11(21)18-14(3)19-13(2,6-24-14)10-4-15-7-23-10/h4-5,7,19H,6H2,1-3H3,(H,18,21)(H,16,17,20)/t13-,14+/m0/s1. The molecule has 1 fully saturated rings. The molecule has 0 bridgehead atoms. The van der Waals surface area contributed by atoms with Gasteiger partial charge in [-0.05, 0) is 13.8 Å². The Bertz CT molecular complexity index is 762. The topological polar surface area (TPSA) is 96.0 Å². The molecule has 0 aliphatic carbocycles. The molecule has 1 saturated heterocycles. The molecule has 24 heavy (non-hydrogen) atoms. The van der Waals surface area contributed by atoms with Gasteiger partial charge in [-0.25, -0.2) is 4.98 Å². The number of hydrogen-bond donors (Lipinski definition) is 3. The zero-order valence-electron chi connectivity index (χ0n) is 13.4. The molecule has 1 aliphatic heterocycles. The zero-order chi connectivity index (χ0) is 17.4. The lowest BCUT2D eigenvalue weighted by atomic mass is 10.0. The molecule has 2 aromatic rings. The highest BCUT2D eigenvalue weighted by Gasteiger charge is 2.45. The second-order valence-corrected chi connectivity index (χ2v) is 8.96. The van der Waals surface area contributed by atoms with Crippen LogP contribution in [0.25, 0.3) is 0 Å². The summed E-state index contributed by atoms with van der Waals surface area (Å²) in [4.78, 5) is 32.3. The molecule has 3 N–H and O–H groups in total. The third-order valence-corrected chi connectivity index (χ3v) is 6.81. The fraction of sp³-hybridized carbons (Fsp3) is 0.429. The molecule has 3 rings (SSSR count). The summed E-state index contributed by atoms with van der Waals surface area (Å²) < 4.78 is 0. The van der Waals surface area contributed by atoms with Gasteiger partial charge in [0.15, 0.2) is 5.13 Å². The van der Waals surface area contributed by atoms with Crippen LogP contribution in [-0.2, 0) is 10.3 Å². The van der Waals surface area contributed by atoms with Crippen LogP contribution in [0.5, 0.6) is 0 Å². The van der Waals surface area contributed by atoms with Crippen LogP contribution in [0.1, 0.15) is 36.1 Å². The molecule has 2 aromatic heterocycles. The van der Waals surface area contributed by atoms with Crippen molar-refractivity contribution >= 4 is 51.4 Å². The molecular formula is C14H17N5O2S3. The minimum Gasteiger partial charge on any atom is -0.324 e. The molecule has 10 heteroatoms. The first-order chi connectivity index (χ1) is 11.3. The van der Waals surface area contributed by atoms with E-state index in [-0.39, 0.29) is 17.4 Å². The van der Waals surface area contributed by atoms with E-state index in [1.54, 1.807) is 34.0 Å². The Morgan fingerprint density at radius 1 is 1.33 bits per heavy atom. The maximum atomic E-state index is 12.5. The van der Waals surface area contributed by atoms with Crippen LogP contribution < -0.4 is 16.0 Å². The number of hydrogen-bond acceptors (Lipinski definition) is 8. The summed E-state index contributed by atoms with van der Waals surface area (Å²) in [7, 11) is 0.